The second-order valence-electron chi connectivity index (χ2n) is 4.70. The highest BCUT2D eigenvalue weighted by molar-refractivity contribution is 7.10. The van der Waals surface area contributed by atoms with Crippen LogP contribution in [0.3, 0.4) is 0 Å². The zero-order valence-electron chi connectivity index (χ0n) is 10.6. The Hall–Kier alpha value is -0.900. The molecule has 1 aromatic rings. The van der Waals surface area contributed by atoms with E-state index in [0.717, 1.165) is 22.7 Å². The lowest BCUT2D eigenvalue weighted by atomic mass is 10.1. The first-order valence-corrected chi connectivity index (χ1v) is 6.43. The van der Waals surface area contributed by atoms with Gasteiger partial charge in [-0.25, -0.2) is 0 Å². The number of carbonyl (C=O) groups excluding carboxylic acids is 1. The summed E-state index contributed by atoms with van der Waals surface area (Å²) in [5.41, 5.74) is 1.58. The average molecular weight is 240 g/mol. The first-order valence-electron chi connectivity index (χ1n) is 5.65. The van der Waals surface area contributed by atoms with E-state index in [9.17, 15) is 4.79 Å². The SMILES string of the molecule is CC(=O)c1c(C)nsc1NC(C)CC(C)C. The molecule has 1 atom stereocenters. The third-order valence-corrected chi connectivity index (χ3v) is 3.29. The van der Waals surface area contributed by atoms with Crippen LogP contribution in [0.5, 0.6) is 0 Å². The molecule has 0 aliphatic rings. The van der Waals surface area contributed by atoms with E-state index in [1.807, 2.05) is 6.92 Å². The monoisotopic (exact) mass is 240 g/mol. The van der Waals surface area contributed by atoms with Crippen molar-refractivity contribution >= 4 is 22.3 Å². The van der Waals surface area contributed by atoms with E-state index < -0.39 is 0 Å². The van der Waals surface area contributed by atoms with Gasteiger partial charge in [0, 0.05) is 6.04 Å². The summed E-state index contributed by atoms with van der Waals surface area (Å²) in [7, 11) is 0. The Morgan fingerprint density at radius 2 is 2.06 bits per heavy atom. The summed E-state index contributed by atoms with van der Waals surface area (Å²) in [5, 5.41) is 4.29. The average Bonchev–Trinajstić information content (AvgIpc) is 2.45. The van der Waals surface area contributed by atoms with Crippen molar-refractivity contribution in [1.82, 2.24) is 4.37 Å². The molecule has 90 valence electrons. The number of rotatable bonds is 5. The van der Waals surface area contributed by atoms with E-state index in [1.54, 1.807) is 6.92 Å². The Morgan fingerprint density at radius 3 is 2.56 bits per heavy atom. The molecule has 0 fully saturated rings. The second-order valence-corrected chi connectivity index (χ2v) is 5.48. The highest BCUT2D eigenvalue weighted by atomic mass is 32.1. The van der Waals surface area contributed by atoms with E-state index in [-0.39, 0.29) is 5.78 Å². The molecule has 0 spiro atoms. The Bertz CT molecular complexity index is 371. The van der Waals surface area contributed by atoms with Crippen LogP contribution in [0.15, 0.2) is 0 Å². The number of hydrogen-bond donors (Lipinski definition) is 1. The Balaban J connectivity index is 2.77. The number of hydrogen-bond acceptors (Lipinski definition) is 4. The molecule has 0 bridgehead atoms. The lowest BCUT2D eigenvalue weighted by Gasteiger charge is -2.16. The number of Topliss-reactive ketones (excluding diaryl/α,β-unsaturated/α-hetero) is 1. The van der Waals surface area contributed by atoms with E-state index in [1.165, 1.54) is 11.5 Å². The maximum atomic E-state index is 11.5. The number of nitrogens with one attached hydrogen (secondary N) is 1. The van der Waals surface area contributed by atoms with Crippen molar-refractivity contribution in [2.24, 2.45) is 5.92 Å². The topological polar surface area (TPSA) is 42.0 Å². The number of nitrogens with zero attached hydrogens (tertiary/aromatic N) is 1. The molecule has 0 radical (unpaired) electrons. The van der Waals surface area contributed by atoms with E-state index in [0.29, 0.717) is 12.0 Å². The van der Waals surface area contributed by atoms with Crippen LogP contribution in [0, 0.1) is 12.8 Å². The number of ketones is 1. The summed E-state index contributed by atoms with van der Waals surface area (Å²) < 4.78 is 4.23. The minimum Gasteiger partial charge on any atom is -0.373 e. The Labute approximate surface area is 101 Å². The van der Waals surface area contributed by atoms with Crippen molar-refractivity contribution in [2.75, 3.05) is 5.32 Å². The third-order valence-electron chi connectivity index (χ3n) is 2.42. The summed E-state index contributed by atoms with van der Waals surface area (Å²) >= 11 is 1.38. The molecule has 0 saturated carbocycles. The van der Waals surface area contributed by atoms with Crippen LogP contribution in [0.2, 0.25) is 0 Å². The lowest BCUT2D eigenvalue weighted by Crippen LogP contribution is -2.18. The maximum Gasteiger partial charge on any atom is 0.164 e. The Kier molecular flexibility index (Phi) is 4.47. The first-order chi connectivity index (χ1) is 7.41. The minimum atomic E-state index is 0.0884. The molecule has 0 aliphatic carbocycles. The van der Waals surface area contributed by atoms with E-state index in [4.69, 9.17) is 0 Å². The molecule has 0 saturated heterocycles. The molecular formula is C12H20N2OS. The van der Waals surface area contributed by atoms with Crippen molar-refractivity contribution in [3.63, 3.8) is 0 Å². The van der Waals surface area contributed by atoms with Gasteiger partial charge in [0.15, 0.2) is 5.78 Å². The van der Waals surface area contributed by atoms with Gasteiger partial charge in [-0.3, -0.25) is 4.79 Å². The van der Waals surface area contributed by atoms with Crippen molar-refractivity contribution in [2.45, 2.75) is 47.1 Å². The fourth-order valence-electron chi connectivity index (χ4n) is 1.87. The second kappa shape index (κ2) is 5.43. The molecule has 4 heteroatoms. The van der Waals surface area contributed by atoms with Crippen molar-refractivity contribution in [3.8, 4) is 0 Å². The number of carbonyl (C=O) groups is 1. The van der Waals surface area contributed by atoms with Gasteiger partial charge in [-0.05, 0) is 44.6 Å². The van der Waals surface area contributed by atoms with Gasteiger partial charge in [-0.15, -0.1) is 0 Å². The largest absolute Gasteiger partial charge is 0.373 e. The van der Waals surface area contributed by atoms with Crippen LogP contribution in [-0.4, -0.2) is 16.2 Å². The number of aryl methyl sites for hydroxylation is 1. The highest BCUT2D eigenvalue weighted by Gasteiger charge is 2.16. The molecule has 1 N–H and O–H groups in total. The smallest absolute Gasteiger partial charge is 0.164 e. The molecule has 1 heterocycles. The summed E-state index contributed by atoms with van der Waals surface area (Å²) in [6.45, 7) is 10.0. The molecule has 1 rings (SSSR count). The van der Waals surface area contributed by atoms with Crippen molar-refractivity contribution in [1.29, 1.82) is 0 Å². The zero-order chi connectivity index (χ0) is 12.3. The summed E-state index contributed by atoms with van der Waals surface area (Å²) in [4.78, 5) is 11.5. The van der Waals surface area contributed by atoms with Crippen LogP contribution < -0.4 is 5.32 Å². The third kappa shape index (κ3) is 3.30. The van der Waals surface area contributed by atoms with Crippen molar-refractivity contribution in [3.05, 3.63) is 11.3 Å². The standard InChI is InChI=1S/C12H20N2OS/c1-7(2)6-8(3)13-12-11(10(5)15)9(4)14-16-12/h7-8,13H,6H2,1-5H3. The molecule has 16 heavy (non-hydrogen) atoms. The molecule has 0 aliphatic heterocycles. The van der Waals surface area contributed by atoms with Crippen LogP contribution in [0.1, 0.15) is 50.2 Å². The highest BCUT2D eigenvalue weighted by Crippen LogP contribution is 2.26. The van der Waals surface area contributed by atoms with Crippen LogP contribution in [0.4, 0.5) is 5.00 Å². The summed E-state index contributed by atoms with van der Waals surface area (Å²) in [6.07, 6.45) is 1.09. The fraction of sp³-hybridized carbons (Fsp3) is 0.667. The summed E-state index contributed by atoms with van der Waals surface area (Å²) in [5.74, 6) is 0.739. The number of aromatic nitrogens is 1. The maximum absolute atomic E-state index is 11.5. The van der Waals surface area contributed by atoms with E-state index >= 15 is 0 Å². The van der Waals surface area contributed by atoms with Crippen molar-refractivity contribution < 1.29 is 4.79 Å². The van der Waals surface area contributed by atoms with Gasteiger partial charge in [-0.1, -0.05) is 13.8 Å². The van der Waals surface area contributed by atoms with Crippen LogP contribution >= 0.6 is 11.5 Å². The molecule has 3 nitrogen and oxygen atoms in total. The Morgan fingerprint density at radius 1 is 1.44 bits per heavy atom. The number of anilines is 1. The quantitative estimate of drug-likeness (QED) is 0.801. The lowest BCUT2D eigenvalue weighted by molar-refractivity contribution is 0.101. The van der Waals surface area contributed by atoms with E-state index in [2.05, 4.69) is 30.5 Å². The normalized spacial score (nSPS) is 12.9. The summed E-state index contributed by atoms with van der Waals surface area (Å²) in [6, 6.07) is 0.373. The van der Waals surface area contributed by atoms with Gasteiger partial charge in [-0.2, -0.15) is 4.37 Å². The predicted octanol–water partition coefficient (Wildman–Crippen LogP) is 3.50. The van der Waals surface area contributed by atoms with Gasteiger partial charge in [0.25, 0.3) is 0 Å². The van der Waals surface area contributed by atoms with Gasteiger partial charge < -0.3 is 5.32 Å². The minimum absolute atomic E-state index is 0.0884. The molecule has 1 aromatic heterocycles. The first kappa shape index (κ1) is 13.2. The van der Waals surface area contributed by atoms with Gasteiger partial charge in [0.1, 0.15) is 5.00 Å². The van der Waals surface area contributed by atoms with Crippen LogP contribution in [-0.2, 0) is 0 Å². The molecule has 1 unspecified atom stereocenters. The predicted molar refractivity (Wildman–Crippen MR) is 69.4 cm³/mol. The van der Waals surface area contributed by atoms with Gasteiger partial charge in [0.2, 0.25) is 0 Å². The van der Waals surface area contributed by atoms with Crippen LogP contribution in [0.25, 0.3) is 0 Å². The van der Waals surface area contributed by atoms with Gasteiger partial charge in [0.05, 0.1) is 11.3 Å². The fourth-order valence-corrected chi connectivity index (χ4v) is 2.83. The van der Waals surface area contributed by atoms with Gasteiger partial charge >= 0.3 is 0 Å². The molecule has 0 amide bonds. The molecular weight excluding hydrogens is 220 g/mol. The molecule has 0 aromatic carbocycles. The zero-order valence-corrected chi connectivity index (χ0v) is 11.4.